The number of aryl methyl sites for hydroxylation is 1. The summed E-state index contributed by atoms with van der Waals surface area (Å²) in [5, 5.41) is 0. The van der Waals surface area contributed by atoms with Gasteiger partial charge < -0.3 is 4.57 Å². The minimum absolute atomic E-state index is 0.0621. The van der Waals surface area contributed by atoms with Crippen LogP contribution in [0.4, 0.5) is 13.2 Å². The maximum atomic E-state index is 11.8. The third kappa shape index (κ3) is 3.64. The van der Waals surface area contributed by atoms with Crippen LogP contribution in [0.25, 0.3) is 0 Å². The van der Waals surface area contributed by atoms with Crippen molar-refractivity contribution in [3.8, 4) is 0 Å². The minimum Gasteiger partial charge on any atom is -0.316 e. The van der Waals surface area contributed by atoms with E-state index in [1.165, 1.54) is 16.8 Å². The van der Waals surface area contributed by atoms with Crippen molar-refractivity contribution in [1.29, 1.82) is 0 Å². The molecule has 0 atom stereocenters. The van der Waals surface area contributed by atoms with Crippen molar-refractivity contribution in [3.63, 3.8) is 0 Å². The van der Waals surface area contributed by atoms with E-state index in [2.05, 4.69) is 0 Å². The van der Waals surface area contributed by atoms with Gasteiger partial charge in [0, 0.05) is 25.2 Å². The first-order chi connectivity index (χ1) is 6.49. The van der Waals surface area contributed by atoms with Crippen molar-refractivity contribution in [2.75, 3.05) is 0 Å². The second kappa shape index (κ2) is 4.30. The van der Waals surface area contributed by atoms with Gasteiger partial charge in [0.25, 0.3) is 0 Å². The summed E-state index contributed by atoms with van der Waals surface area (Å²) in [7, 11) is 0. The predicted molar refractivity (Wildman–Crippen MR) is 46.0 cm³/mol. The van der Waals surface area contributed by atoms with Gasteiger partial charge in [-0.05, 0) is 12.5 Å². The van der Waals surface area contributed by atoms with Gasteiger partial charge in [-0.3, -0.25) is 4.79 Å². The van der Waals surface area contributed by atoms with Gasteiger partial charge in [0.2, 0.25) is 5.56 Å². The van der Waals surface area contributed by atoms with E-state index in [0.717, 1.165) is 0 Å². The number of aromatic nitrogens is 1. The van der Waals surface area contributed by atoms with Gasteiger partial charge in [0.05, 0.1) is 0 Å². The van der Waals surface area contributed by atoms with Crippen LogP contribution in [0.15, 0.2) is 29.2 Å². The Balaban J connectivity index is 2.47. The van der Waals surface area contributed by atoms with Crippen molar-refractivity contribution in [2.24, 2.45) is 0 Å². The van der Waals surface area contributed by atoms with Crippen molar-refractivity contribution < 1.29 is 13.2 Å². The zero-order valence-corrected chi connectivity index (χ0v) is 7.42. The standard InChI is InChI=1S/C9H10F3NO/c10-9(11,12)5-3-7-13-6-2-1-4-8(13)14/h1-2,4,6H,3,5,7H2. The van der Waals surface area contributed by atoms with E-state index in [4.69, 9.17) is 0 Å². The molecule has 1 heterocycles. The largest absolute Gasteiger partial charge is 0.389 e. The molecule has 2 nitrogen and oxygen atoms in total. The summed E-state index contributed by atoms with van der Waals surface area (Å²) in [6.45, 7) is 0.110. The molecule has 1 aromatic rings. The Morgan fingerprint density at radius 2 is 2.00 bits per heavy atom. The molecule has 0 spiro atoms. The fourth-order valence-electron chi connectivity index (χ4n) is 1.10. The van der Waals surface area contributed by atoms with Gasteiger partial charge in [0.15, 0.2) is 0 Å². The molecule has 0 aliphatic carbocycles. The lowest BCUT2D eigenvalue weighted by Crippen LogP contribution is -2.19. The fourth-order valence-corrected chi connectivity index (χ4v) is 1.10. The van der Waals surface area contributed by atoms with Crippen molar-refractivity contribution in [1.82, 2.24) is 4.57 Å². The SMILES string of the molecule is O=c1ccccn1CCCC(F)(F)F. The van der Waals surface area contributed by atoms with Crippen LogP contribution >= 0.6 is 0 Å². The molecule has 14 heavy (non-hydrogen) atoms. The Bertz CT molecular complexity index is 342. The fraction of sp³-hybridized carbons (Fsp3) is 0.444. The highest BCUT2D eigenvalue weighted by Gasteiger charge is 2.25. The average Bonchev–Trinajstić information content (AvgIpc) is 2.06. The quantitative estimate of drug-likeness (QED) is 0.741. The van der Waals surface area contributed by atoms with Gasteiger partial charge in [-0.25, -0.2) is 0 Å². The highest BCUT2D eigenvalue weighted by Crippen LogP contribution is 2.21. The molecule has 0 bridgehead atoms. The molecular weight excluding hydrogens is 195 g/mol. The lowest BCUT2D eigenvalue weighted by atomic mass is 10.3. The predicted octanol–water partition coefficient (Wildman–Crippen LogP) is 2.19. The third-order valence-corrected chi connectivity index (χ3v) is 1.76. The first-order valence-electron chi connectivity index (χ1n) is 4.21. The maximum absolute atomic E-state index is 11.8. The molecule has 5 heteroatoms. The molecule has 0 saturated carbocycles. The number of alkyl halides is 3. The molecule has 0 aliphatic heterocycles. The number of rotatable bonds is 3. The summed E-state index contributed by atoms with van der Waals surface area (Å²) < 4.78 is 36.6. The van der Waals surface area contributed by atoms with Crippen LogP contribution in [0.2, 0.25) is 0 Å². The van der Waals surface area contributed by atoms with Crippen LogP contribution in [-0.4, -0.2) is 10.7 Å². The van der Waals surface area contributed by atoms with Gasteiger partial charge >= 0.3 is 6.18 Å². The topological polar surface area (TPSA) is 22.0 Å². The summed E-state index contributed by atoms with van der Waals surface area (Å²) in [6.07, 6.45) is -3.57. The number of pyridine rings is 1. The Morgan fingerprint density at radius 1 is 1.29 bits per heavy atom. The molecule has 0 N–H and O–H groups in total. The smallest absolute Gasteiger partial charge is 0.316 e. The van der Waals surface area contributed by atoms with Crippen LogP contribution in [0, 0.1) is 0 Å². The molecule has 0 fully saturated rings. The molecule has 0 radical (unpaired) electrons. The van der Waals surface area contributed by atoms with Crippen molar-refractivity contribution in [2.45, 2.75) is 25.6 Å². The Labute approximate surface area is 79.0 Å². The summed E-state index contributed by atoms with van der Waals surface area (Å²) in [5.41, 5.74) is -0.269. The zero-order chi connectivity index (χ0) is 10.6. The normalized spacial score (nSPS) is 11.6. The molecule has 1 rings (SSSR count). The molecule has 78 valence electrons. The average molecular weight is 205 g/mol. The molecule has 0 aliphatic rings. The van der Waals surface area contributed by atoms with Gasteiger partial charge in [-0.15, -0.1) is 0 Å². The van der Waals surface area contributed by atoms with Gasteiger partial charge in [-0.2, -0.15) is 13.2 Å². The van der Waals surface area contributed by atoms with E-state index in [1.807, 2.05) is 0 Å². The van der Waals surface area contributed by atoms with Crippen LogP contribution in [0.1, 0.15) is 12.8 Å². The highest BCUT2D eigenvalue weighted by molar-refractivity contribution is 4.92. The van der Waals surface area contributed by atoms with E-state index in [0.29, 0.717) is 0 Å². The molecule has 0 aromatic carbocycles. The van der Waals surface area contributed by atoms with Crippen LogP contribution in [0.3, 0.4) is 0 Å². The second-order valence-electron chi connectivity index (χ2n) is 2.95. The van der Waals surface area contributed by atoms with Crippen LogP contribution < -0.4 is 5.56 Å². The Morgan fingerprint density at radius 3 is 2.57 bits per heavy atom. The monoisotopic (exact) mass is 205 g/mol. The lowest BCUT2D eigenvalue weighted by molar-refractivity contribution is -0.135. The number of halogens is 3. The molecule has 1 aromatic heterocycles. The van der Waals surface area contributed by atoms with Gasteiger partial charge in [0.1, 0.15) is 0 Å². The summed E-state index contributed by atoms with van der Waals surface area (Å²) in [6, 6.07) is 4.51. The number of hydrogen-bond donors (Lipinski definition) is 0. The maximum Gasteiger partial charge on any atom is 0.389 e. The van der Waals surface area contributed by atoms with Crippen LogP contribution in [0.5, 0.6) is 0 Å². The summed E-state index contributed by atoms with van der Waals surface area (Å²) in [4.78, 5) is 11.1. The van der Waals surface area contributed by atoms with Crippen LogP contribution in [-0.2, 0) is 6.54 Å². The van der Waals surface area contributed by atoms with E-state index >= 15 is 0 Å². The zero-order valence-electron chi connectivity index (χ0n) is 7.42. The molecule has 0 amide bonds. The first-order valence-corrected chi connectivity index (χ1v) is 4.21. The van der Waals surface area contributed by atoms with E-state index in [9.17, 15) is 18.0 Å². The second-order valence-corrected chi connectivity index (χ2v) is 2.95. The first kappa shape index (κ1) is 10.8. The van der Waals surface area contributed by atoms with Crippen molar-refractivity contribution in [3.05, 3.63) is 34.7 Å². The summed E-state index contributed by atoms with van der Waals surface area (Å²) >= 11 is 0. The molecular formula is C9H10F3NO. The highest BCUT2D eigenvalue weighted by atomic mass is 19.4. The number of hydrogen-bond acceptors (Lipinski definition) is 1. The van der Waals surface area contributed by atoms with E-state index in [1.54, 1.807) is 12.1 Å². The minimum atomic E-state index is -4.14. The Kier molecular flexibility index (Phi) is 3.33. The summed E-state index contributed by atoms with van der Waals surface area (Å²) in [5.74, 6) is 0. The third-order valence-electron chi connectivity index (χ3n) is 1.76. The van der Waals surface area contributed by atoms with E-state index in [-0.39, 0.29) is 18.5 Å². The van der Waals surface area contributed by atoms with Gasteiger partial charge in [-0.1, -0.05) is 6.07 Å². The number of nitrogens with zero attached hydrogens (tertiary/aromatic N) is 1. The lowest BCUT2D eigenvalue weighted by Gasteiger charge is -2.07. The molecule has 0 saturated heterocycles. The van der Waals surface area contributed by atoms with Crippen molar-refractivity contribution >= 4 is 0 Å². The Hall–Kier alpha value is -1.26. The molecule has 0 unspecified atom stereocenters. The van der Waals surface area contributed by atoms with E-state index < -0.39 is 12.6 Å².